The minimum atomic E-state index is -0.103. The second kappa shape index (κ2) is 8.85. The SMILES string of the molecule is O=C(CSc1nc2ccccc2c(=O)n1CC1CCCO1)Nc1ccc2c(c1)CCC2. The lowest BCUT2D eigenvalue weighted by Gasteiger charge is -2.16. The van der Waals surface area contributed by atoms with Gasteiger partial charge in [0.05, 0.1) is 29.3 Å². The maximum atomic E-state index is 13.1. The van der Waals surface area contributed by atoms with Crippen molar-refractivity contribution in [3.63, 3.8) is 0 Å². The van der Waals surface area contributed by atoms with Crippen molar-refractivity contribution in [1.29, 1.82) is 0 Å². The number of aryl methyl sites for hydroxylation is 2. The first kappa shape index (κ1) is 20.3. The number of para-hydroxylation sites is 1. The van der Waals surface area contributed by atoms with Crippen LogP contribution in [0.2, 0.25) is 0 Å². The van der Waals surface area contributed by atoms with E-state index in [-0.39, 0.29) is 23.3 Å². The number of benzene rings is 2. The number of carbonyl (C=O) groups excluding carboxylic acids is 1. The lowest BCUT2D eigenvalue weighted by molar-refractivity contribution is -0.113. The van der Waals surface area contributed by atoms with Crippen LogP contribution in [-0.2, 0) is 28.9 Å². The summed E-state index contributed by atoms with van der Waals surface area (Å²) >= 11 is 1.30. The van der Waals surface area contributed by atoms with Crippen LogP contribution in [0.5, 0.6) is 0 Å². The highest BCUT2D eigenvalue weighted by Crippen LogP contribution is 2.25. The number of amides is 1. The first-order chi connectivity index (χ1) is 15.2. The van der Waals surface area contributed by atoms with Crippen LogP contribution in [0.15, 0.2) is 52.4 Å². The van der Waals surface area contributed by atoms with Crippen molar-refractivity contribution in [2.45, 2.75) is 49.9 Å². The van der Waals surface area contributed by atoms with E-state index in [1.165, 1.54) is 29.3 Å². The number of carbonyl (C=O) groups is 1. The second-order valence-corrected chi connectivity index (χ2v) is 9.08. The zero-order chi connectivity index (χ0) is 21.2. The van der Waals surface area contributed by atoms with Gasteiger partial charge >= 0.3 is 0 Å². The summed E-state index contributed by atoms with van der Waals surface area (Å²) in [7, 11) is 0. The van der Waals surface area contributed by atoms with E-state index in [4.69, 9.17) is 9.72 Å². The number of fused-ring (bicyclic) bond motifs is 2. The fraction of sp³-hybridized carbons (Fsp3) is 0.375. The van der Waals surface area contributed by atoms with Gasteiger partial charge in [0.2, 0.25) is 5.91 Å². The quantitative estimate of drug-likeness (QED) is 0.471. The number of rotatable bonds is 6. The third-order valence-electron chi connectivity index (χ3n) is 5.95. The van der Waals surface area contributed by atoms with Crippen LogP contribution in [0.25, 0.3) is 10.9 Å². The molecule has 1 amide bonds. The van der Waals surface area contributed by atoms with Gasteiger partial charge in [0.15, 0.2) is 5.16 Å². The number of hydrogen-bond acceptors (Lipinski definition) is 5. The van der Waals surface area contributed by atoms with E-state index >= 15 is 0 Å². The molecule has 31 heavy (non-hydrogen) atoms. The Morgan fingerprint density at radius 1 is 1.16 bits per heavy atom. The fourth-order valence-corrected chi connectivity index (χ4v) is 5.20. The molecule has 2 aromatic carbocycles. The van der Waals surface area contributed by atoms with Gasteiger partial charge in [-0.15, -0.1) is 0 Å². The summed E-state index contributed by atoms with van der Waals surface area (Å²) in [6.45, 7) is 1.19. The Morgan fingerprint density at radius 3 is 2.90 bits per heavy atom. The van der Waals surface area contributed by atoms with Crippen LogP contribution in [0.4, 0.5) is 5.69 Å². The van der Waals surface area contributed by atoms with E-state index in [0.717, 1.165) is 38.0 Å². The molecule has 2 heterocycles. The third-order valence-corrected chi connectivity index (χ3v) is 6.93. The molecular formula is C24H25N3O3S. The monoisotopic (exact) mass is 435 g/mol. The Hall–Kier alpha value is -2.64. The third kappa shape index (κ3) is 4.38. The van der Waals surface area contributed by atoms with Gasteiger partial charge in [0.25, 0.3) is 5.56 Å². The van der Waals surface area contributed by atoms with E-state index in [1.807, 2.05) is 24.3 Å². The molecule has 1 atom stereocenters. The number of hydrogen-bond donors (Lipinski definition) is 1. The van der Waals surface area contributed by atoms with Gasteiger partial charge in [-0.25, -0.2) is 4.98 Å². The van der Waals surface area contributed by atoms with Gasteiger partial charge in [0.1, 0.15) is 0 Å². The van der Waals surface area contributed by atoms with Crippen LogP contribution in [0.1, 0.15) is 30.4 Å². The zero-order valence-corrected chi connectivity index (χ0v) is 18.1. The number of nitrogens with one attached hydrogen (secondary N) is 1. The maximum absolute atomic E-state index is 13.1. The van der Waals surface area contributed by atoms with Crippen LogP contribution in [0.3, 0.4) is 0 Å². The molecule has 5 rings (SSSR count). The molecule has 0 bridgehead atoms. The molecule has 0 radical (unpaired) electrons. The summed E-state index contributed by atoms with van der Waals surface area (Å²) in [6.07, 6.45) is 5.33. The molecule has 7 heteroatoms. The summed E-state index contributed by atoms with van der Waals surface area (Å²) in [4.78, 5) is 30.4. The van der Waals surface area contributed by atoms with Gasteiger partial charge in [0, 0.05) is 12.3 Å². The van der Waals surface area contributed by atoms with E-state index in [9.17, 15) is 9.59 Å². The number of anilines is 1. The lowest BCUT2D eigenvalue weighted by atomic mass is 10.1. The molecule has 0 spiro atoms. The maximum Gasteiger partial charge on any atom is 0.262 e. The Labute approximate surface area is 185 Å². The fourth-order valence-electron chi connectivity index (χ4n) is 4.39. The Bertz CT molecular complexity index is 1180. The molecule has 1 aromatic heterocycles. The lowest BCUT2D eigenvalue weighted by Crippen LogP contribution is -2.29. The van der Waals surface area contributed by atoms with Crippen molar-refractivity contribution in [2.75, 3.05) is 17.7 Å². The summed E-state index contributed by atoms with van der Waals surface area (Å²) < 4.78 is 7.42. The minimum absolute atomic E-state index is 0.0141. The van der Waals surface area contributed by atoms with Crippen molar-refractivity contribution in [3.8, 4) is 0 Å². The first-order valence-electron chi connectivity index (χ1n) is 10.8. The molecular weight excluding hydrogens is 410 g/mol. The van der Waals surface area contributed by atoms with Crippen LogP contribution < -0.4 is 10.9 Å². The predicted molar refractivity (Wildman–Crippen MR) is 123 cm³/mol. The molecule has 160 valence electrons. The normalized spacial score (nSPS) is 17.7. The van der Waals surface area contributed by atoms with Gasteiger partial charge in [-0.05, 0) is 67.5 Å². The number of nitrogens with zero attached hydrogens (tertiary/aromatic N) is 2. The molecule has 1 aliphatic heterocycles. The van der Waals surface area contributed by atoms with E-state index in [2.05, 4.69) is 17.4 Å². The largest absolute Gasteiger partial charge is 0.376 e. The summed E-state index contributed by atoms with van der Waals surface area (Å²) in [5.74, 6) is 0.0851. The van der Waals surface area contributed by atoms with Crippen molar-refractivity contribution in [1.82, 2.24) is 9.55 Å². The summed E-state index contributed by atoms with van der Waals surface area (Å²) in [5.41, 5.74) is 4.10. The number of thioether (sulfide) groups is 1. The molecule has 6 nitrogen and oxygen atoms in total. The predicted octanol–water partition coefficient (Wildman–Crippen LogP) is 3.80. The van der Waals surface area contributed by atoms with Crippen molar-refractivity contribution in [2.24, 2.45) is 0 Å². The summed E-state index contributed by atoms with van der Waals surface area (Å²) in [6, 6.07) is 13.5. The molecule has 0 saturated carbocycles. The Morgan fingerprint density at radius 2 is 2.03 bits per heavy atom. The zero-order valence-electron chi connectivity index (χ0n) is 17.3. The van der Waals surface area contributed by atoms with Crippen molar-refractivity contribution >= 4 is 34.3 Å². The molecule has 1 N–H and O–H groups in total. The van der Waals surface area contributed by atoms with E-state index < -0.39 is 0 Å². The molecule has 1 fully saturated rings. The van der Waals surface area contributed by atoms with E-state index in [1.54, 1.807) is 10.6 Å². The van der Waals surface area contributed by atoms with Crippen LogP contribution >= 0.6 is 11.8 Å². The molecule has 1 aliphatic carbocycles. The smallest absolute Gasteiger partial charge is 0.262 e. The highest BCUT2D eigenvalue weighted by molar-refractivity contribution is 7.99. The molecule has 2 aliphatic rings. The standard InChI is InChI=1S/C24H25N3O3S/c28-22(25-18-11-10-16-5-3-6-17(16)13-18)15-31-24-26-21-9-2-1-8-20(21)23(29)27(24)14-19-7-4-12-30-19/h1-2,8-11,13,19H,3-7,12,14-15H2,(H,25,28). The number of ether oxygens (including phenoxy) is 1. The second-order valence-electron chi connectivity index (χ2n) is 8.14. The van der Waals surface area contributed by atoms with Gasteiger partial charge in [-0.1, -0.05) is 30.0 Å². The average molecular weight is 436 g/mol. The average Bonchev–Trinajstić information content (AvgIpc) is 3.46. The van der Waals surface area contributed by atoms with Gasteiger partial charge < -0.3 is 10.1 Å². The Kier molecular flexibility index (Phi) is 5.78. The van der Waals surface area contributed by atoms with Gasteiger partial charge in [-0.3, -0.25) is 14.2 Å². The number of aromatic nitrogens is 2. The van der Waals surface area contributed by atoms with Crippen molar-refractivity contribution < 1.29 is 9.53 Å². The minimum Gasteiger partial charge on any atom is -0.376 e. The van der Waals surface area contributed by atoms with Crippen LogP contribution in [0, 0.1) is 0 Å². The highest BCUT2D eigenvalue weighted by Gasteiger charge is 2.21. The summed E-state index contributed by atoms with van der Waals surface area (Å²) in [5, 5.41) is 4.14. The highest BCUT2D eigenvalue weighted by atomic mass is 32.2. The topological polar surface area (TPSA) is 73.2 Å². The first-order valence-corrected chi connectivity index (χ1v) is 11.8. The molecule has 1 unspecified atom stereocenters. The van der Waals surface area contributed by atoms with Crippen molar-refractivity contribution in [3.05, 3.63) is 63.9 Å². The van der Waals surface area contributed by atoms with Crippen LogP contribution in [-0.4, -0.2) is 33.9 Å². The van der Waals surface area contributed by atoms with E-state index in [0.29, 0.717) is 22.6 Å². The Balaban J connectivity index is 1.35. The van der Waals surface area contributed by atoms with Gasteiger partial charge in [-0.2, -0.15) is 0 Å². The molecule has 3 aromatic rings. The molecule has 1 saturated heterocycles.